The second-order valence-corrected chi connectivity index (χ2v) is 3.90. The Hall–Kier alpha value is -1.36. The minimum atomic E-state index is -0.167. The van der Waals surface area contributed by atoms with Crippen LogP contribution in [0.2, 0.25) is 0 Å². The Labute approximate surface area is 96.4 Å². The monoisotopic (exact) mass is 224 g/mol. The standard InChI is InChI=1S/C11H20N4O/c1-5-14(3)11(16)9(2)12-8-10-6-7-13-15(10)4/h6-7,9,12H,5,8H2,1-4H3. The molecule has 5 heteroatoms. The van der Waals surface area contributed by atoms with Crippen molar-refractivity contribution < 1.29 is 4.79 Å². The van der Waals surface area contributed by atoms with Crippen LogP contribution in [0.25, 0.3) is 0 Å². The first kappa shape index (κ1) is 12.7. The Morgan fingerprint density at radius 1 is 1.69 bits per heavy atom. The molecule has 1 aromatic heterocycles. The van der Waals surface area contributed by atoms with Crippen LogP contribution in [-0.4, -0.2) is 40.2 Å². The predicted octanol–water partition coefficient (Wildman–Crippen LogP) is 0.376. The molecule has 1 aromatic rings. The highest BCUT2D eigenvalue weighted by Gasteiger charge is 2.15. The zero-order valence-corrected chi connectivity index (χ0v) is 10.4. The fourth-order valence-electron chi connectivity index (χ4n) is 1.41. The van der Waals surface area contributed by atoms with E-state index in [9.17, 15) is 4.79 Å². The van der Waals surface area contributed by atoms with Gasteiger partial charge < -0.3 is 10.2 Å². The van der Waals surface area contributed by atoms with Gasteiger partial charge in [-0.2, -0.15) is 5.10 Å². The number of rotatable bonds is 5. The fraction of sp³-hybridized carbons (Fsp3) is 0.636. The molecule has 0 aliphatic rings. The van der Waals surface area contributed by atoms with Crippen LogP contribution in [0.15, 0.2) is 12.3 Å². The van der Waals surface area contributed by atoms with Gasteiger partial charge in [-0.15, -0.1) is 0 Å². The molecule has 16 heavy (non-hydrogen) atoms. The third-order valence-corrected chi connectivity index (χ3v) is 2.73. The Balaban J connectivity index is 2.44. The molecule has 5 nitrogen and oxygen atoms in total. The second kappa shape index (κ2) is 5.65. The molecule has 0 aliphatic carbocycles. The van der Waals surface area contributed by atoms with Crippen LogP contribution in [-0.2, 0) is 18.4 Å². The van der Waals surface area contributed by atoms with Gasteiger partial charge in [0, 0.05) is 33.4 Å². The van der Waals surface area contributed by atoms with Crippen molar-refractivity contribution in [1.82, 2.24) is 20.0 Å². The summed E-state index contributed by atoms with van der Waals surface area (Å²) in [5.41, 5.74) is 1.07. The van der Waals surface area contributed by atoms with Crippen LogP contribution in [0.5, 0.6) is 0 Å². The van der Waals surface area contributed by atoms with Gasteiger partial charge in [0.05, 0.1) is 11.7 Å². The maximum absolute atomic E-state index is 11.8. The highest BCUT2D eigenvalue weighted by molar-refractivity contribution is 5.81. The van der Waals surface area contributed by atoms with Crippen molar-refractivity contribution in [1.29, 1.82) is 0 Å². The summed E-state index contributed by atoms with van der Waals surface area (Å²) in [6.45, 7) is 5.23. The normalized spacial score (nSPS) is 12.5. The van der Waals surface area contributed by atoms with E-state index in [0.717, 1.165) is 12.2 Å². The summed E-state index contributed by atoms with van der Waals surface area (Å²) in [6, 6.07) is 1.77. The Bertz CT molecular complexity index is 348. The van der Waals surface area contributed by atoms with E-state index in [1.165, 1.54) is 0 Å². The highest BCUT2D eigenvalue weighted by Crippen LogP contribution is 1.98. The largest absolute Gasteiger partial charge is 0.345 e. The predicted molar refractivity (Wildman–Crippen MR) is 62.8 cm³/mol. The molecule has 1 heterocycles. The first-order chi connectivity index (χ1) is 7.56. The maximum Gasteiger partial charge on any atom is 0.239 e. The molecule has 0 saturated heterocycles. The summed E-state index contributed by atoms with van der Waals surface area (Å²) in [5, 5.41) is 7.26. The van der Waals surface area contributed by atoms with E-state index in [2.05, 4.69) is 10.4 Å². The van der Waals surface area contributed by atoms with Crippen LogP contribution >= 0.6 is 0 Å². The van der Waals surface area contributed by atoms with Crippen molar-refractivity contribution in [3.63, 3.8) is 0 Å². The molecule has 0 spiro atoms. The van der Waals surface area contributed by atoms with Crippen molar-refractivity contribution in [3.05, 3.63) is 18.0 Å². The van der Waals surface area contributed by atoms with E-state index in [-0.39, 0.29) is 11.9 Å². The van der Waals surface area contributed by atoms with Crippen LogP contribution in [0.1, 0.15) is 19.5 Å². The molecule has 0 aromatic carbocycles. The van der Waals surface area contributed by atoms with Gasteiger partial charge in [0.25, 0.3) is 0 Å². The van der Waals surface area contributed by atoms with Gasteiger partial charge in [-0.05, 0) is 19.9 Å². The van der Waals surface area contributed by atoms with E-state index >= 15 is 0 Å². The number of carbonyl (C=O) groups is 1. The Kier molecular flexibility index (Phi) is 4.49. The number of aromatic nitrogens is 2. The third kappa shape index (κ3) is 3.06. The van der Waals surface area contributed by atoms with Gasteiger partial charge >= 0.3 is 0 Å². The first-order valence-electron chi connectivity index (χ1n) is 5.51. The smallest absolute Gasteiger partial charge is 0.239 e. The van der Waals surface area contributed by atoms with Gasteiger partial charge in [-0.25, -0.2) is 0 Å². The van der Waals surface area contributed by atoms with E-state index < -0.39 is 0 Å². The molecule has 0 saturated carbocycles. The van der Waals surface area contributed by atoms with Gasteiger partial charge in [0.15, 0.2) is 0 Å². The summed E-state index contributed by atoms with van der Waals surface area (Å²) in [4.78, 5) is 13.5. The number of hydrogen-bond donors (Lipinski definition) is 1. The molecule has 1 unspecified atom stereocenters. The van der Waals surface area contributed by atoms with Crippen molar-refractivity contribution in [3.8, 4) is 0 Å². The highest BCUT2D eigenvalue weighted by atomic mass is 16.2. The first-order valence-corrected chi connectivity index (χ1v) is 5.51. The quantitative estimate of drug-likeness (QED) is 0.786. The number of nitrogens with zero attached hydrogens (tertiary/aromatic N) is 3. The summed E-state index contributed by atoms with van der Waals surface area (Å²) >= 11 is 0. The number of nitrogens with one attached hydrogen (secondary N) is 1. The van der Waals surface area contributed by atoms with Crippen LogP contribution < -0.4 is 5.32 Å². The molecule has 0 aliphatic heterocycles. The van der Waals surface area contributed by atoms with E-state index in [0.29, 0.717) is 6.54 Å². The number of carbonyl (C=O) groups excluding carboxylic acids is 1. The average Bonchev–Trinajstić information content (AvgIpc) is 2.69. The molecule has 1 N–H and O–H groups in total. The molecule has 90 valence electrons. The van der Waals surface area contributed by atoms with E-state index in [1.54, 1.807) is 15.8 Å². The van der Waals surface area contributed by atoms with Crippen molar-refractivity contribution >= 4 is 5.91 Å². The van der Waals surface area contributed by atoms with E-state index in [1.807, 2.05) is 34.0 Å². The average molecular weight is 224 g/mol. The van der Waals surface area contributed by atoms with Crippen molar-refractivity contribution in [2.45, 2.75) is 26.4 Å². The summed E-state index contributed by atoms with van der Waals surface area (Å²) in [6.07, 6.45) is 1.75. The fourth-order valence-corrected chi connectivity index (χ4v) is 1.41. The Morgan fingerprint density at radius 2 is 2.38 bits per heavy atom. The van der Waals surface area contributed by atoms with Crippen molar-refractivity contribution in [2.24, 2.45) is 7.05 Å². The lowest BCUT2D eigenvalue weighted by molar-refractivity contribution is -0.131. The van der Waals surface area contributed by atoms with Crippen LogP contribution in [0, 0.1) is 0 Å². The SMILES string of the molecule is CCN(C)C(=O)C(C)NCc1ccnn1C. The van der Waals surface area contributed by atoms with Gasteiger partial charge in [-0.1, -0.05) is 0 Å². The lowest BCUT2D eigenvalue weighted by atomic mass is 10.3. The maximum atomic E-state index is 11.8. The number of likely N-dealkylation sites (N-methyl/N-ethyl adjacent to an activating group) is 1. The van der Waals surface area contributed by atoms with Crippen LogP contribution in [0.3, 0.4) is 0 Å². The van der Waals surface area contributed by atoms with Gasteiger partial charge in [-0.3, -0.25) is 9.48 Å². The molecular formula is C11H20N4O. The summed E-state index contributed by atoms with van der Waals surface area (Å²) in [5.74, 6) is 0.115. The lowest BCUT2D eigenvalue weighted by Gasteiger charge is -2.20. The molecule has 0 fully saturated rings. The topological polar surface area (TPSA) is 50.2 Å². The zero-order valence-electron chi connectivity index (χ0n) is 10.4. The number of hydrogen-bond acceptors (Lipinski definition) is 3. The lowest BCUT2D eigenvalue weighted by Crippen LogP contribution is -2.42. The molecule has 0 radical (unpaired) electrons. The van der Waals surface area contributed by atoms with Crippen molar-refractivity contribution in [2.75, 3.05) is 13.6 Å². The minimum Gasteiger partial charge on any atom is -0.345 e. The molecule has 1 rings (SSSR count). The van der Waals surface area contributed by atoms with Crippen LogP contribution in [0.4, 0.5) is 0 Å². The minimum absolute atomic E-state index is 0.115. The van der Waals surface area contributed by atoms with E-state index in [4.69, 9.17) is 0 Å². The molecular weight excluding hydrogens is 204 g/mol. The summed E-state index contributed by atoms with van der Waals surface area (Å²) in [7, 11) is 3.70. The van der Waals surface area contributed by atoms with Gasteiger partial charge in [0.1, 0.15) is 0 Å². The molecule has 1 atom stereocenters. The number of amides is 1. The third-order valence-electron chi connectivity index (χ3n) is 2.73. The second-order valence-electron chi connectivity index (χ2n) is 3.90. The Morgan fingerprint density at radius 3 is 2.88 bits per heavy atom. The molecule has 1 amide bonds. The molecule has 0 bridgehead atoms. The zero-order chi connectivity index (χ0) is 12.1. The number of aryl methyl sites for hydroxylation is 1. The summed E-state index contributed by atoms with van der Waals surface area (Å²) < 4.78 is 1.80. The van der Waals surface area contributed by atoms with Gasteiger partial charge in [0.2, 0.25) is 5.91 Å².